The number of hydrogen-bond acceptors (Lipinski definition) is 3. The lowest BCUT2D eigenvalue weighted by atomic mass is 9.74. The second-order valence-corrected chi connectivity index (χ2v) is 4.79. The maximum Gasteiger partial charge on any atom is 0.237 e. The molecule has 1 saturated heterocycles. The van der Waals surface area contributed by atoms with Gasteiger partial charge in [0.05, 0.1) is 6.61 Å². The summed E-state index contributed by atoms with van der Waals surface area (Å²) in [5.41, 5.74) is 1.83. The van der Waals surface area contributed by atoms with Crippen molar-refractivity contribution in [1.29, 1.82) is 0 Å². The lowest BCUT2D eigenvalue weighted by Crippen LogP contribution is -2.63. The Balaban J connectivity index is 1.79. The summed E-state index contributed by atoms with van der Waals surface area (Å²) in [5.74, 6) is 0.146. The zero-order chi connectivity index (χ0) is 11.9. The third-order valence-electron chi connectivity index (χ3n) is 3.72. The van der Waals surface area contributed by atoms with Gasteiger partial charge in [0, 0.05) is 32.4 Å². The Morgan fingerprint density at radius 2 is 2.18 bits per heavy atom. The van der Waals surface area contributed by atoms with E-state index in [1.807, 2.05) is 18.2 Å². The number of likely N-dealkylation sites (tertiary alicyclic amines) is 1. The van der Waals surface area contributed by atoms with Crippen LogP contribution in [-0.2, 0) is 14.9 Å². The highest BCUT2D eigenvalue weighted by molar-refractivity contribution is 6.07. The summed E-state index contributed by atoms with van der Waals surface area (Å²) in [6, 6.07) is 7.98. The van der Waals surface area contributed by atoms with E-state index in [1.165, 1.54) is 0 Å². The van der Waals surface area contributed by atoms with Gasteiger partial charge in [-0.15, -0.1) is 0 Å². The molecule has 0 bridgehead atoms. The number of para-hydroxylation sites is 1. The molecule has 0 aliphatic carbocycles. The van der Waals surface area contributed by atoms with Crippen LogP contribution in [0.4, 0.5) is 5.69 Å². The number of nitrogens with one attached hydrogen (secondary N) is 1. The summed E-state index contributed by atoms with van der Waals surface area (Å²) >= 11 is 0. The van der Waals surface area contributed by atoms with Crippen molar-refractivity contribution in [2.75, 3.05) is 38.7 Å². The molecule has 1 aromatic carbocycles. The van der Waals surface area contributed by atoms with Crippen molar-refractivity contribution >= 4 is 11.6 Å². The number of anilines is 1. The highest BCUT2D eigenvalue weighted by Gasteiger charge is 2.54. The van der Waals surface area contributed by atoms with E-state index in [9.17, 15) is 4.79 Å². The van der Waals surface area contributed by atoms with Crippen LogP contribution in [0.25, 0.3) is 0 Å². The molecule has 0 unspecified atom stereocenters. The van der Waals surface area contributed by atoms with Gasteiger partial charge in [0.2, 0.25) is 5.91 Å². The summed E-state index contributed by atoms with van der Waals surface area (Å²) in [6.45, 7) is 3.23. The van der Waals surface area contributed by atoms with Crippen molar-refractivity contribution in [3.05, 3.63) is 29.8 Å². The Kier molecular flexibility index (Phi) is 2.42. The Hall–Kier alpha value is -1.39. The minimum Gasteiger partial charge on any atom is -0.383 e. The fourth-order valence-corrected chi connectivity index (χ4v) is 2.78. The fraction of sp³-hybridized carbons (Fsp3) is 0.462. The van der Waals surface area contributed by atoms with Crippen LogP contribution in [0.5, 0.6) is 0 Å². The van der Waals surface area contributed by atoms with Crippen molar-refractivity contribution < 1.29 is 9.53 Å². The molecule has 90 valence electrons. The molecule has 4 nitrogen and oxygen atoms in total. The smallest absolute Gasteiger partial charge is 0.237 e. The van der Waals surface area contributed by atoms with E-state index in [1.54, 1.807) is 7.11 Å². The highest BCUT2D eigenvalue weighted by Crippen LogP contribution is 2.43. The fourth-order valence-electron chi connectivity index (χ4n) is 2.78. The maximum atomic E-state index is 12.1. The average Bonchev–Trinajstić information content (AvgIpc) is 2.57. The number of nitrogens with zero attached hydrogens (tertiary/aromatic N) is 1. The maximum absolute atomic E-state index is 12.1. The second kappa shape index (κ2) is 3.82. The predicted octanol–water partition coefficient (Wildman–Crippen LogP) is 0.838. The molecule has 4 heteroatoms. The molecule has 17 heavy (non-hydrogen) atoms. The molecule has 2 heterocycles. The number of carbonyl (C=O) groups is 1. The molecule has 2 aliphatic heterocycles. The van der Waals surface area contributed by atoms with Crippen LogP contribution in [0.3, 0.4) is 0 Å². The third kappa shape index (κ3) is 1.48. The molecular weight excluding hydrogens is 216 g/mol. The van der Waals surface area contributed by atoms with Gasteiger partial charge in [0.15, 0.2) is 0 Å². The topological polar surface area (TPSA) is 41.6 Å². The molecule has 1 amide bonds. The molecule has 1 N–H and O–H groups in total. The Morgan fingerprint density at radius 1 is 1.41 bits per heavy atom. The largest absolute Gasteiger partial charge is 0.383 e. The van der Waals surface area contributed by atoms with Crippen molar-refractivity contribution in [3.8, 4) is 0 Å². The SMILES string of the molecule is COCCN1CC2(C1)C(=O)Nc1ccccc12. The molecule has 1 spiro atoms. The van der Waals surface area contributed by atoms with E-state index in [-0.39, 0.29) is 11.3 Å². The molecule has 0 atom stereocenters. The van der Waals surface area contributed by atoms with Crippen LogP contribution in [0.15, 0.2) is 24.3 Å². The molecule has 0 aromatic heterocycles. The van der Waals surface area contributed by atoms with E-state index in [4.69, 9.17) is 4.74 Å². The molecule has 1 fully saturated rings. The minimum absolute atomic E-state index is 0.146. The van der Waals surface area contributed by atoms with E-state index in [0.29, 0.717) is 0 Å². The normalized spacial score (nSPS) is 21.1. The van der Waals surface area contributed by atoms with E-state index < -0.39 is 0 Å². The molecule has 0 radical (unpaired) electrons. The number of methoxy groups -OCH3 is 1. The van der Waals surface area contributed by atoms with Crippen LogP contribution in [0.1, 0.15) is 5.56 Å². The van der Waals surface area contributed by atoms with E-state index >= 15 is 0 Å². The summed E-state index contributed by atoms with van der Waals surface area (Å²) < 4.78 is 5.05. The molecule has 2 aliphatic rings. The van der Waals surface area contributed by atoms with Gasteiger partial charge >= 0.3 is 0 Å². The first-order valence-corrected chi connectivity index (χ1v) is 5.88. The van der Waals surface area contributed by atoms with E-state index in [0.717, 1.165) is 37.5 Å². The van der Waals surface area contributed by atoms with Crippen molar-refractivity contribution in [2.45, 2.75) is 5.41 Å². The number of carbonyl (C=O) groups excluding carboxylic acids is 1. The van der Waals surface area contributed by atoms with Crippen LogP contribution in [-0.4, -0.2) is 44.2 Å². The third-order valence-corrected chi connectivity index (χ3v) is 3.72. The molecule has 0 saturated carbocycles. The monoisotopic (exact) mass is 232 g/mol. The van der Waals surface area contributed by atoms with Gasteiger partial charge in [0.25, 0.3) is 0 Å². The second-order valence-electron chi connectivity index (χ2n) is 4.79. The van der Waals surface area contributed by atoms with Gasteiger partial charge in [0.1, 0.15) is 5.41 Å². The summed E-state index contributed by atoms with van der Waals surface area (Å²) in [5, 5.41) is 2.97. The summed E-state index contributed by atoms with van der Waals surface area (Å²) in [7, 11) is 1.70. The molecule has 3 rings (SSSR count). The summed E-state index contributed by atoms with van der Waals surface area (Å²) in [6.07, 6.45) is 0. The van der Waals surface area contributed by atoms with Gasteiger partial charge in [-0.2, -0.15) is 0 Å². The van der Waals surface area contributed by atoms with Crippen molar-refractivity contribution in [3.63, 3.8) is 0 Å². The number of amides is 1. The summed E-state index contributed by atoms with van der Waals surface area (Å²) in [4.78, 5) is 14.3. The van der Waals surface area contributed by atoms with Crippen LogP contribution in [0.2, 0.25) is 0 Å². The van der Waals surface area contributed by atoms with Crippen molar-refractivity contribution in [2.24, 2.45) is 0 Å². The zero-order valence-corrected chi connectivity index (χ0v) is 9.90. The minimum atomic E-state index is -0.301. The number of benzene rings is 1. The van der Waals surface area contributed by atoms with Crippen LogP contribution >= 0.6 is 0 Å². The van der Waals surface area contributed by atoms with Gasteiger partial charge in [-0.05, 0) is 11.6 Å². The Labute approximate surface area is 101 Å². The zero-order valence-electron chi connectivity index (χ0n) is 9.90. The lowest BCUT2D eigenvalue weighted by Gasteiger charge is -2.46. The predicted molar refractivity (Wildman–Crippen MR) is 65.1 cm³/mol. The van der Waals surface area contributed by atoms with Crippen LogP contribution in [0, 0.1) is 0 Å². The molecular formula is C13H16N2O2. The Bertz CT molecular complexity index is 452. The van der Waals surface area contributed by atoms with Crippen molar-refractivity contribution in [1.82, 2.24) is 4.90 Å². The quantitative estimate of drug-likeness (QED) is 0.839. The number of rotatable bonds is 3. The number of hydrogen-bond donors (Lipinski definition) is 1. The van der Waals surface area contributed by atoms with Gasteiger partial charge in [-0.25, -0.2) is 0 Å². The lowest BCUT2D eigenvalue weighted by molar-refractivity contribution is -0.127. The van der Waals surface area contributed by atoms with Crippen LogP contribution < -0.4 is 5.32 Å². The highest BCUT2D eigenvalue weighted by atomic mass is 16.5. The van der Waals surface area contributed by atoms with Gasteiger partial charge < -0.3 is 10.1 Å². The standard InChI is InChI=1S/C13H16N2O2/c1-17-7-6-15-8-13(9-15)10-4-2-3-5-11(10)14-12(13)16/h2-5H,6-9H2,1H3,(H,14,16). The van der Waals surface area contributed by atoms with E-state index in [2.05, 4.69) is 16.3 Å². The first-order valence-electron chi connectivity index (χ1n) is 5.88. The van der Waals surface area contributed by atoms with Gasteiger partial charge in [-0.3, -0.25) is 9.69 Å². The Morgan fingerprint density at radius 3 is 2.94 bits per heavy atom. The average molecular weight is 232 g/mol. The first-order chi connectivity index (χ1) is 8.26. The number of ether oxygens (including phenoxy) is 1. The van der Waals surface area contributed by atoms with Gasteiger partial charge in [-0.1, -0.05) is 18.2 Å². The first kappa shape index (κ1) is 10.7. The number of fused-ring (bicyclic) bond motifs is 2. The molecule has 1 aromatic rings.